The third-order valence-corrected chi connectivity index (χ3v) is 20.8. The van der Waals surface area contributed by atoms with Crippen molar-refractivity contribution < 1.29 is 33.0 Å². The molecule has 0 bridgehead atoms. The number of aromatic carboxylic acids is 1. The molecule has 1 aliphatic heterocycles. The van der Waals surface area contributed by atoms with Crippen LogP contribution in [0, 0.1) is 56.7 Å². The topological polar surface area (TPSA) is 146 Å². The van der Waals surface area contributed by atoms with Crippen molar-refractivity contribution in [2.45, 2.75) is 131 Å². The van der Waals surface area contributed by atoms with E-state index in [4.69, 9.17) is 4.74 Å². The number of allylic oxidation sites excluding steroid dienone is 5. The molecule has 0 radical (unpaired) electrons. The van der Waals surface area contributed by atoms with Gasteiger partial charge in [-0.1, -0.05) is 58.9 Å². The highest BCUT2D eigenvalue weighted by Gasteiger charge is 2.70. The maximum atomic E-state index is 12.8. The first-order chi connectivity index (χ1) is 28.7. The number of sulfone groups is 1. The maximum Gasteiger partial charge on any atom is 0.335 e. The summed E-state index contributed by atoms with van der Waals surface area (Å²) < 4.78 is 30.0. The Bertz CT molecular complexity index is 2080. The lowest BCUT2D eigenvalue weighted by Gasteiger charge is -2.72. The summed E-state index contributed by atoms with van der Waals surface area (Å²) in [6, 6.07) is 2.79. The number of aromatic nitrogens is 1. The van der Waals surface area contributed by atoms with Crippen LogP contribution in [0.5, 0.6) is 5.88 Å². The molecule has 11 heteroatoms. The third-order valence-electron chi connectivity index (χ3n) is 19.2. The van der Waals surface area contributed by atoms with Crippen LogP contribution in [0.3, 0.4) is 0 Å². The van der Waals surface area contributed by atoms with Crippen molar-refractivity contribution >= 4 is 21.8 Å². The Labute approximate surface area is 365 Å². The number of carboxylic acids is 2. The molecule has 10 nitrogen and oxygen atoms in total. The number of hydrogen-bond donors (Lipinski definition) is 3. The van der Waals surface area contributed by atoms with Crippen LogP contribution in [0.4, 0.5) is 0 Å². The van der Waals surface area contributed by atoms with Gasteiger partial charge < -0.3 is 25.2 Å². The first-order valence-corrected chi connectivity index (χ1v) is 25.3. The average Bonchev–Trinajstić information content (AvgIpc) is 3.59. The van der Waals surface area contributed by atoms with E-state index < -0.39 is 27.2 Å². The molecule has 10 atom stereocenters. The Hall–Kier alpha value is -3.02. The molecule has 8 rings (SSSR count). The van der Waals surface area contributed by atoms with E-state index in [1.165, 1.54) is 86.4 Å². The number of nitrogens with zero attached hydrogens (tertiary/aromatic N) is 2. The van der Waals surface area contributed by atoms with Gasteiger partial charge in [-0.05, 0) is 159 Å². The Kier molecular flexibility index (Phi) is 11.6. The summed E-state index contributed by atoms with van der Waals surface area (Å²) >= 11 is 0. The minimum atomic E-state index is -2.89. The number of rotatable bonds is 12. The molecular formula is C50H73N3O7S. The zero-order chi connectivity index (χ0) is 43.8. The van der Waals surface area contributed by atoms with Crippen molar-refractivity contribution in [3.8, 4) is 5.88 Å². The molecule has 4 saturated carbocycles. The molecule has 1 saturated heterocycles. The van der Waals surface area contributed by atoms with Crippen LogP contribution in [0.15, 0.2) is 53.8 Å². The number of carbonyl (C=O) groups is 2. The van der Waals surface area contributed by atoms with Gasteiger partial charge in [0.15, 0.2) is 9.84 Å². The van der Waals surface area contributed by atoms with Crippen LogP contribution in [0.25, 0.3) is 0 Å². The predicted octanol–water partition coefficient (Wildman–Crippen LogP) is 9.00. The smallest absolute Gasteiger partial charge is 0.335 e. The molecule has 5 fully saturated rings. The van der Waals surface area contributed by atoms with Gasteiger partial charge in [0.25, 0.3) is 0 Å². The molecule has 7 aliphatic rings. The molecule has 2 heterocycles. The predicted molar refractivity (Wildman–Crippen MR) is 239 cm³/mol. The van der Waals surface area contributed by atoms with Crippen molar-refractivity contribution in [3.63, 3.8) is 0 Å². The van der Waals surface area contributed by atoms with E-state index in [1.54, 1.807) is 0 Å². The van der Waals surface area contributed by atoms with Gasteiger partial charge in [0, 0.05) is 44.0 Å². The summed E-state index contributed by atoms with van der Waals surface area (Å²) in [6.07, 6.45) is 19.1. The molecule has 61 heavy (non-hydrogen) atoms. The van der Waals surface area contributed by atoms with E-state index in [0.29, 0.717) is 61.9 Å². The van der Waals surface area contributed by atoms with Crippen LogP contribution in [0.2, 0.25) is 0 Å². The highest BCUT2D eigenvalue weighted by molar-refractivity contribution is 7.91. The van der Waals surface area contributed by atoms with E-state index in [1.807, 2.05) is 0 Å². The first kappa shape index (κ1) is 44.6. The largest absolute Gasteiger partial charge is 0.481 e. The van der Waals surface area contributed by atoms with E-state index in [2.05, 4.69) is 75.5 Å². The fourth-order valence-corrected chi connectivity index (χ4v) is 17.0. The van der Waals surface area contributed by atoms with E-state index >= 15 is 0 Å². The Balaban J connectivity index is 0.982. The quantitative estimate of drug-likeness (QED) is 0.174. The van der Waals surface area contributed by atoms with E-state index in [-0.39, 0.29) is 56.8 Å². The molecular weight excluding hydrogens is 787 g/mol. The third kappa shape index (κ3) is 7.46. The Morgan fingerprint density at radius 1 is 0.934 bits per heavy atom. The molecule has 3 N–H and O–H groups in total. The molecule has 336 valence electrons. The van der Waals surface area contributed by atoms with Crippen LogP contribution in [-0.2, 0) is 14.6 Å². The van der Waals surface area contributed by atoms with Crippen LogP contribution in [0.1, 0.15) is 135 Å². The highest BCUT2D eigenvalue weighted by atomic mass is 32.2. The summed E-state index contributed by atoms with van der Waals surface area (Å²) in [4.78, 5) is 30.7. The molecule has 1 aromatic rings. The summed E-state index contributed by atoms with van der Waals surface area (Å²) in [5.74, 6) is 1.81. The number of fused-ring (bicyclic) bond motifs is 7. The van der Waals surface area contributed by atoms with Crippen molar-refractivity contribution in [2.24, 2.45) is 56.7 Å². The minimum Gasteiger partial charge on any atom is -0.481 e. The van der Waals surface area contributed by atoms with Gasteiger partial charge >= 0.3 is 11.9 Å². The van der Waals surface area contributed by atoms with Crippen molar-refractivity contribution in [3.05, 3.63) is 59.3 Å². The van der Waals surface area contributed by atoms with Crippen molar-refractivity contribution in [1.82, 2.24) is 15.2 Å². The maximum absolute atomic E-state index is 12.8. The number of nitrogens with one attached hydrogen (secondary N) is 1. The number of hydrogen-bond acceptors (Lipinski definition) is 8. The minimum absolute atomic E-state index is 0.0360. The Morgan fingerprint density at radius 3 is 2.36 bits per heavy atom. The lowest BCUT2D eigenvalue weighted by Crippen LogP contribution is -2.68. The SMILES string of the molecule is C=C(C)[C@@H]1CC[C@]2(NCCN3CCS(=O)(=O)CC3)CC[C@]3(C)[C@H](CC[C@H]4C3(C)CC[C@H]3C(C)(C)C(C5=CCC(CCOc6cc(C(=O)O)ccn6)(C(=O)O)CC5)=CC[C@@]34C)[C@@H]12. The zero-order valence-corrected chi connectivity index (χ0v) is 38.7. The molecule has 0 spiro atoms. The first-order valence-electron chi connectivity index (χ1n) is 23.5. The summed E-state index contributed by atoms with van der Waals surface area (Å²) in [6.45, 7) is 23.1. The standard InChI is InChI=1S/C50H73N3O7S/c1-33(2)36-12-20-50(52-25-26-53-27-30-61(58,59)31-28-53)22-21-47(6)38(42(36)50)8-9-40-46(5)16-13-37(45(3,4)39(46)14-17-48(40,47)7)34-10-18-49(19-11-34,44(56)57)23-29-60-41-32-35(43(54)55)15-24-51-41/h10,13,15,24,32,36,38-40,42,52H,1,8-9,11-12,14,16-23,25-31H2,2-7H3,(H,54,55)(H,56,57)/t36-,38+,39-,40+,42+,46-,47+,48?,49?,50-/m0/s1. The van der Waals surface area contributed by atoms with E-state index in [0.717, 1.165) is 25.9 Å². The summed E-state index contributed by atoms with van der Waals surface area (Å²) in [5.41, 5.74) is 3.97. The number of carboxylic acid groups (broad SMARTS) is 2. The fourth-order valence-electron chi connectivity index (χ4n) is 15.7. The van der Waals surface area contributed by atoms with Gasteiger partial charge in [-0.25, -0.2) is 18.2 Å². The normalized spacial score (nSPS) is 40.3. The summed E-state index contributed by atoms with van der Waals surface area (Å²) in [7, 11) is -2.89. The fraction of sp³-hybridized carbons (Fsp3) is 0.740. The van der Waals surface area contributed by atoms with Crippen molar-refractivity contribution in [2.75, 3.05) is 44.3 Å². The van der Waals surface area contributed by atoms with Gasteiger partial charge in [0.1, 0.15) is 0 Å². The summed E-state index contributed by atoms with van der Waals surface area (Å²) in [5, 5.41) is 24.1. The molecule has 2 unspecified atom stereocenters. The van der Waals surface area contributed by atoms with Crippen molar-refractivity contribution in [1.29, 1.82) is 0 Å². The zero-order valence-electron chi connectivity index (χ0n) is 37.9. The number of ether oxygens (including phenoxy) is 1. The van der Waals surface area contributed by atoms with Gasteiger partial charge in [0.05, 0.1) is 29.1 Å². The molecule has 0 amide bonds. The van der Waals surface area contributed by atoms with Gasteiger partial charge in [-0.2, -0.15) is 0 Å². The average molecular weight is 860 g/mol. The van der Waals surface area contributed by atoms with Gasteiger partial charge in [-0.15, -0.1) is 0 Å². The lowest BCUT2D eigenvalue weighted by molar-refractivity contribution is -0.221. The van der Waals surface area contributed by atoms with Gasteiger partial charge in [-0.3, -0.25) is 4.79 Å². The lowest BCUT2D eigenvalue weighted by atomic mass is 9.33. The number of pyridine rings is 1. The van der Waals surface area contributed by atoms with Crippen LogP contribution < -0.4 is 10.1 Å². The highest BCUT2D eigenvalue weighted by Crippen LogP contribution is 2.76. The van der Waals surface area contributed by atoms with Gasteiger partial charge in [0.2, 0.25) is 5.88 Å². The molecule has 0 aromatic carbocycles. The molecule has 1 aromatic heterocycles. The van der Waals surface area contributed by atoms with Crippen LogP contribution >= 0.6 is 0 Å². The van der Waals surface area contributed by atoms with Crippen LogP contribution in [-0.4, -0.2) is 90.3 Å². The number of aliphatic carboxylic acids is 1. The molecule has 6 aliphatic carbocycles. The monoisotopic (exact) mass is 860 g/mol. The second-order valence-corrected chi connectivity index (χ2v) is 24.4. The van der Waals surface area contributed by atoms with E-state index in [9.17, 15) is 28.2 Å². The second-order valence-electron chi connectivity index (χ2n) is 22.1. The second kappa shape index (κ2) is 15.9. The Morgan fingerprint density at radius 2 is 1.69 bits per heavy atom.